The second-order valence-corrected chi connectivity index (χ2v) is 3.99. The van der Waals surface area contributed by atoms with Gasteiger partial charge in [-0.3, -0.25) is 0 Å². The molecule has 0 aromatic heterocycles. The number of hydrogen-bond donors (Lipinski definition) is 0. The molecule has 0 radical (unpaired) electrons. The van der Waals surface area contributed by atoms with E-state index in [1.165, 1.54) is 0 Å². The molecule has 3 nitrogen and oxygen atoms in total. The Balaban J connectivity index is 3.41. The summed E-state index contributed by atoms with van der Waals surface area (Å²) in [5.41, 5.74) is -0.412. The van der Waals surface area contributed by atoms with E-state index >= 15 is 0 Å². The normalized spacial score (nSPS) is 11.4. The average Bonchev–Trinajstić information content (AvgIpc) is 1.94. The molecule has 0 bridgehead atoms. The fourth-order valence-electron chi connectivity index (χ4n) is 0.773. The van der Waals surface area contributed by atoms with Gasteiger partial charge in [-0.2, -0.15) is 0 Å². The fourth-order valence-corrected chi connectivity index (χ4v) is 0.773. The van der Waals surface area contributed by atoms with Crippen molar-refractivity contribution in [1.82, 2.24) is 0 Å². The van der Waals surface area contributed by atoms with E-state index in [-0.39, 0.29) is 12.6 Å². The number of esters is 1. The van der Waals surface area contributed by atoms with E-state index in [1.807, 2.05) is 20.8 Å². The van der Waals surface area contributed by atoms with Crippen molar-refractivity contribution in [2.24, 2.45) is 0 Å². The Morgan fingerprint density at radius 1 is 1.31 bits per heavy atom. The summed E-state index contributed by atoms with van der Waals surface area (Å²) in [4.78, 5) is 11.1. The molecular formula is C10H20O3. The van der Waals surface area contributed by atoms with Gasteiger partial charge in [-0.05, 0) is 27.2 Å². The molecule has 0 aliphatic heterocycles. The molecule has 0 amide bonds. The fraction of sp³-hybridized carbons (Fsp3) is 0.900. The van der Waals surface area contributed by atoms with Crippen molar-refractivity contribution in [3.63, 3.8) is 0 Å². The largest absolute Gasteiger partial charge is 0.458 e. The van der Waals surface area contributed by atoms with E-state index in [2.05, 4.69) is 6.92 Å². The van der Waals surface area contributed by atoms with Crippen LogP contribution in [-0.4, -0.2) is 24.8 Å². The van der Waals surface area contributed by atoms with Crippen molar-refractivity contribution < 1.29 is 14.3 Å². The molecule has 0 saturated heterocycles. The number of hydrogen-bond acceptors (Lipinski definition) is 3. The summed E-state index contributed by atoms with van der Waals surface area (Å²) >= 11 is 0. The van der Waals surface area contributed by atoms with Crippen LogP contribution in [0.15, 0.2) is 0 Å². The highest BCUT2D eigenvalue weighted by Gasteiger charge is 2.15. The topological polar surface area (TPSA) is 35.5 Å². The van der Waals surface area contributed by atoms with Crippen molar-refractivity contribution in [3.8, 4) is 0 Å². The van der Waals surface area contributed by atoms with Gasteiger partial charge in [-0.15, -0.1) is 0 Å². The number of rotatable bonds is 5. The summed E-state index contributed by atoms with van der Waals surface area (Å²) in [5, 5.41) is 0. The number of ether oxygens (including phenoxy) is 2. The predicted molar refractivity (Wildman–Crippen MR) is 51.6 cm³/mol. The zero-order valence-corrected chi connectivity index (χ0v) is 9.05. The van der Waals surface area contributed by atoms with E-state index in [0.717, 1.165) is 12.8 Å². The van der Waals surface area contributed by atoms with Crippen LogP contribution in [0.5, 0.6) is 0 Å². The Bertz CT molecular complexity index is 147. The highest BCUT2D eigenvalue weighted by molar-refractivity contribution is 5.71. The molecule has 0 atom stereocenters. The van der Waals surface area contributed by atoms with Crippen LogP contribution in [0.2, 0.25) is 0 Å². The molecule has 0 heterocycles. The molecule has 0 rings (SSSR count). The third-order valence-electron chi connectivity index (χ3n) is 1.28. The van der Waals surface area contributed by atoms with Crippen LogP contribution in [0.25, 0.3) is 0 Å². The molecule has 0 aromatic carbocycles. The third-order valence-corrected chi connectivity index (χ3v) is 1.28. The summed E-state index contributed by atoms with van der Waals surface area (Å²) in [5.74, 6) is -0.288. The van der Waals surface area contributed by atoms with Gasteiger partial charge in [0.1, 0.15) is 12.2 Å². The van der Waals surface area contributed by atoms with Crippen LogP contribution in [0.1, 0.15) is 40.5 Å². The van der Waals surface area contributed by atoms with Gasteiger partial charge in [0.25, 0.3) is 0 Å². The van der Waals surface area contributed by atoms with E-state index in [0.29, 0.717) is 6.61 Å². The van der Waals surface area contributed by atoms with Crippen molar-refractivity contribution in [3.05, 3.63) is 0 Å². The van der Waals surface area contributed by atoms with Gasteiger partial charge in [-0.1, -0.05) is 13.3 Å². The summed E-state index contributed by atoms with van der Waals surface area (Å²) in [6, 6.07) is 0. The molecule has 0 unspecified atom stereocenters. The Kier molecular flexibility index (Phi) is 5.71. The van der Waals surface area contributed by atoms with Crippen LogP contribution in [0, 0.1) is 0 Å². The molecule has 78 valence electrons. The van der Waals surface area contributed by atoms with Crippen molar-refractivity contribution in [2.75, 3.05) is 13.2 Å². The molecular weight excluding hydrogens is 168 g/mol. The predicted octanol–water partition coefficient (Wildman–Crippen LogP) is 2.14. The Morgan fingerprint density at radius 2 is 1.92 bits per heavy atom. The number of unbranched alkanes of at least 4 members (excludes halogenated alkanes) is 1. The lowest BCUT2D eigenvalue weighted by atomic mass is 10.2. The highest BCUT2D eigenvalue weighted by Crippen LogP contribution is 2.06. The molecule has 0 N–H and O–H groups in total. The van der Waals surface area contributed by atoms with E-state index in [9.17, 15) is 4.79 Å². The van der Waals surface area contributed by atoms with Crippen molar-refractivity contribution in [1.29, 1.82) is 0 Å². The van der Waals surface area contributed by atoms with Gasteiger partial charge in [-0.25, -0.2) is 4.79 Å². The van der Waals surface area contributed by atoms with E-state index in [1.54, 1.807) is 0 Å². The second-order valence-electron chi connectivity index (χ2n) is 3.99. The third kappa shape index (κ3) is 9.34. The number of carbonyl (C=O) groups is 1. The van der Waals surface area contributed by atoms with Crippen LogP contribution in [-0.2, 0) is 14.3 Å². The van der Waals surface area contributed by atoms with Crippen LogP contribution in [0.4, 0.5) is 0 Å². The first-order valence-electron chi connectivity index (χ1n) is 4.75. The first-order chi connectivity index (χ1) is 5.95. The highest BCUT2D eigenvalue weighted by atomic mass is 16.6. The van der Waals surface area contributed by atoms with Gasteiger partial charge in [0.15, 0.2) is 0 Å². The molecule has 0 aliphatic carbocycles. The molecule has 0 spiro atoms. The minimum Gasteiger partial charge on any atom is -0.458 e. The second kappa shape index (κ2) is 5.97. The molecule has 0 aliphatic rings. The van der Waals surface area contributed by atoms with Crippen LogP contribution < -0.4 is 0 Å². The maximum absolute atomic E-state index is 11.1. The van der Waals surface area contributed by atoms with Gasteiger partial charge in [0.2, 0.25) is 0 Å². The molecule has 3 heteroatoms. The van der Waals surface area contributed by atoms with Crippen molar-refractivity contribution >= 4 is 5.97 Å². The molecule has 13 heavy (non-hydrogen) atoms. The van der Waals surface area contributed by atoms with Crippen molar-refractivity contribution in [2.45, 2.75) is 46.1 Å². The van der Waals surface area contributed by atoms with Gasteiger partial charge in [0, 0.05) is 6.61 Å². The standard InChI is InChI=1S/C10H20O3/c1-5-6-7-12-8-9(11)13-10(2,3)4/h5-8H2,1-4H3. The quantitative estimate of drug-likeness (QED) is 0.490. The summed E-state index contributed by atoms with van der Waals surface area (Å²) in [6.07, 6.45) is 2.07. The first kappa shape index (κ1) is 12.4. The maximum Gasteiger partial charge on any atom is 0.332 e. The molecule has 0 saturated carbocycles. The zero-order chi connectivity index (χ0) is 10.3. The SMILES string of the molecule is CCCCOCC(=O)OC(C)(C)C. The van der Waals surface area contributed by atoms with Gasteiger partial charge < -0.3 is 9.47 Å². The number of carbonyl (C=O) groups excluding carboxylic acids is 1. The first-order valence-corrected chi connectivity index (χ1v) is 4.75. The molecule has 0 aromatic rings. The monoisotopic (exact) mass is 188 g/mol. The lowest BCUT2D eigenvalue weighted by Crippen LogP contribution is -2.26. The summed E-state index contributed by atoms with van der Waals surface area (Å²) < 4.78 is 10.2. The van der Waals surface area contributed by atoms with E-state index < -0.39 is 5.60 Å². The summed E-state index contributed by atoms with van der Waals surface area (Å²) in [7, 11) is 0. The van der Waals surface area contributed by atoms with E-state index in [4.69, 9.17) is 9.47 Å². The minimum absolute atomic E-state index is 0.0667. The van der Waals surface area contributed by atoms with Crippen LogP contribution in [0.3, 0.4) is 0 Å². The maximum atomic E-state index is 11.1. The summed E-state index contributed by atoms with van der Waals surface area (Å²) in [6.45, 7) is 8.31. The minimum atomic E-state index is -0.412. The Labute approximate surface area is 80.4 Å². The lowest BCUT2D eigenvalue weighted by molar-refractivity contribution is -0.160. The lowest BCUT2D eigenvalue weighted by Gasteiger charge is -2.19. The Morgan fingerprint density at radius 3 is 2.38 bits per heavy atom. The smallest absolute Gasteiger partial charge is 0.332 e. The average molecular weight is 188 g/mol. The van der Waals surface area contributed by atoms with Gasteiger partial charge >= 0.3 is 5.97 Å². The van der Waals surface area contributed by atoms with Gasteiger partial charge in [0.05, 0.1) is 0 Å². The van der Waals surface area contributed by atoms with Crippen LogP contribution >= 0.6 is 0 Å². The Hall–Kier alpha value is -0.570. The molecule has 0 fully saturated rings. The zero-order valence-electron chi connectivity index (χ0n) is 9.05.